The Bertz CT molecular complexity index is 2590. The molecule has 0 fully saturated rings. The molecule has 0 saturated carbocycles. The highest BCUT2D eigenvalue weighted by molar-refractivity contribution is 6.42. The van der Waals surface area contributed by atoms with Crippen molar-refractivity contribution in [3.05, 3.63) is 165 Å². The van der Waals surface area contributed by atoms with Crippen molar-refractivity contribution in [1.82, 2.24) is 20.2 Å². The number of rotatable bonds is 11. The zero-order valence-electron chi connectivity index (χ0n) is 33.2. The van der Waals surface area contributed by atoms with Crippen molar-refractivity contribution < 1.29 is 33.7 Å². The van der Waals surface area contributed by atoms with Gasteiger partial charge in [-0.1, -0.05) is 71.7 Å². The number of aliphatic carboxylic acids is 1. The van der Waals surface area contributed by atoms with E-state index in [-0.39, 0.29) is 26.0 Å². The van der Waals surface area contributed by atoms with Gasteiger partial charge in [0.15, 0.2) is 17.6 Å². The second-order valence-corrected chi connectivity index (χ2v) is 15.8. The molecule has 2 aromatic heterocycles. The van der Waals surface area contributed by atoms with Gasteiger partial charge in [-0.15, -0.1) is 0 Å². The number of hydrogen-bond donors (Lipinski definition) is 3. The van der Waals surface area contributed by atoms with Gasteiger partial charge < -0.3 is 29.5 Å². The van der Waals surface area contributed by atoms with Crippen molar-refractivity contribution in [1.29, 1.82) is 0 Å². The maximum absolute atomic E-state index is 14.1. The molecule has 0 spiro atoms. The van der Waals surface area contributed by atoms with Crippen LogP contribution >= 0.6 is 23.2 Å². The number of halogens is 2. The van der Waals surface area contributed by atoms with E-state index in [1.165, 1.54) is 4.90 Å². The first-order valence-corrected chi connectivity index (χ1v) is 20.4. The number of hydrogen-bond acceptors (Lipinski definition) is 8. The molecule has 4 aromatic carbocycles. The van der Waals surface area contributed by atoms with E-state index in [9.17, 15) is 19.5 Å². The maximum atomic E-state index is 14.1. The molecule has 1 unspecified atom stereocenters. The first-order chi connectivity index (χ1) is 29.5. The number of ether oxygens (including phenoxy) is 3. The lowest BCUT2D eigenvalue weighted by molar-refractivity contribution is -0.142. The summed E-state index contributed by atoms with van der Waals surface area (Å²) >= 11 is 12.2. The molecule has 12 nitrogen and oxygen atoms in total. The lowest BCUT2D eigenvalue weighted by atomic mass is 9.92. The number of carboxylic acids is 1. The molecular weight excluding hydrogens is 817 g/mol. The zero-order valence-corrected chi connectivity index (χ0v) is 34.7. The third kappa shape index (κ3) is 9.41. The van der Waals surface area contributed by atoms with Gasteiger partial charge in [0.1, 0.15) is 36.9 Å². The Hall–Kier alpha value is -6.63. The Morgan fingerprint density at radius 3 is 2.38 bits per heavy atom. The van der Waals surface area contributed by atoms with Crippen LogP contribution in [0.5, 0.6) is 17.2 Å². The first-order valence-electron chi connectivity index (χ1n) is 19.6. The van der Waals surface area contributed by atoms with Gasteiger partial charge in [0.05, 0.1) is 10.0 Å². The Balaban J connectivity index is 0.978. The Morgan fingerprint density at radius 1 is 0.869 bits per heavy atom. The fourth-order valence-corrected chi connectivity index (χ4v) is 7.75. The lowest BCUT2D eigenvalue weighted by Gasteiger charge is -2.37. The van der Waals surface area contributed by atoms with Crippen LogP contribution in [0.4, 0.5) is 10.6 Å². The van der Waals surface area contributed by atoms with E-state index in [4.69, 9.17) is 37.4 Å². The monoisotopic (exact) mass is 857 g/mol. The fourth-order valence-electron chi connectivity index (χ4n) is 7.43. The van der Waals surface area contributed by atoms with Crippen molar-refractivity contribution in [2.75, 3.05) is 11.9 Å². The molecule has 0 radical (unpaired) electrons. The van der Waals surface area contributed by atoms with Crippen LogP contribution in [0.3, 0.4) is 0 Å². The van der Waals surface area contributed by atoms with Crippen LogP contribution in [-0.4, -0.2) is 56.6 Å². The number of aromatic nitrogens is 2. The third-order valence-electron chi connectivity index (χ3n) is 10.9. The summed E-state index contributed by atoms with van der Waals surface area (Å²) in [5, 5.41) is 16.7. The molecule has 2 aliphatic heterocycles. The summed E-state index contributed by atoms with van der Waals surface area (Å²) in [6.45, 7) is 4.55. The van der Waals surface area contributed by atoms with Crippen LogP contribution in [0.1, 0.15) is 45.2 Å². The van der Waals surface area contributed by atoms with E-state index < -0.39 is 36.1 Å². The molecule has 8 rings (SSSR count). The molecule has 310 valence electrons. The minimum absolute atomic E-state index is 0.0331. The van der Waals surface area contributed by atoms with Crippen LogP contribution in [0.2, 0.25) is 10.0 Å². The molecule has 4 heterocycles. The highest BCUT2D eigenvalue weighted by Gasteiger charge is 2.38. The molecule has 3 atom stereocenters. The van der Waals surface area contributed by atoms with E-state index in [0.29, 0.717) is 39.7 Å². The highest BCUT2D eigenvalue weighted by Crippen LogP contribution is 2.41. The summed E-state index contributed by atoms with van der Waals surface area (Å²) in [5.41, 5.74) is 8.02. The summed E-state index contributed by atoms with van der Waals surface area (Å²) < 4.78 is 18.6. The molecule has 0 aliphatic carbocycles. The minimum Gasteiger partial charge on any atom is -0.489 e. The van der Waals surface area contributed by atoms with Gasteiger partial charge in [0, 0.05) is 37.5 Å². The highest BCUT2D eigenvalue weighted by atomic mass is 35.5. The van der Waals surface area contributed by atoms with Gasteiger partial charge in [-0.05, 0) is 113 Å². The van der Waals surface area contributed by atoms with Crippen molar-refractivity contribution in [2.45, 2.75) is 58.0 Å². The van der Waals surface area contributed by atoms with E-state index in [1.807, 2.05) is 86.6 Å². The number of nitrogens with one attached hydrogen (secondary N) is 2. The van der Waals surface area contributed by atoms with E-state index in [0.717, 1.165) is 50.2 Å². The van der Waals surface area contributed by atoms with Crippen molar-refractivity contribution >= 4 is 46.9 Å². The van der Waals surface area contributed by atoms with Gasteiger partial charge in [-0.2, -0.15) is 0 Å². The molecule has 0 saturated heterocycles. The Kier molecular flexibility index (Phi) is 12.1. The van der Waals surface area contributed by atoms with Crippen LogP contribution in [0.25, 0.3) is 11.1 Å². The molecule has 0 bridgehead atoms. The molecule has 3 N–H and O–H groups in total. The largest absolute Gasteiger partial charge is 0.489 e. The molecular formula is C47H41Cl2N5O7. The smallest absolute Gasteiger partial charge is 0.326 e. The third-order valence-corrected chi connectivity index (χ3v) is 11.7. The first kappa shape index (κ1) is 41.1. The van der Waals surface area contributed by atoms with Crippen molar-refractivity contribution in [2.24, 2.45) is 0 Å². The number of amides is 3. The van der Waals surface area contributed by atoms with E-state index in [1.54, 1.807) is 42.7 Å². The summed E-state index contributed by atoms with van der Waals surface area (Å²) in [6, 6.07) is 28.3. The number of carboxylic acid groups (broad SMARTS) is 1. The van der Waals surface area contributed by atoms with E-state index in [2.05, 4.69) is 20.6 Å². The molecule has 3 amide bonds. The molecule has 2 aliphatic rings. The number of carbonyl (C=O) groups is 3. The standard InChI is InChI=1S/C47H41Cl2N5O7/c1-27-28(2)50-18-16-36(27)31-9-6-29(7-10-31)20-39(46(56)57)52-45(55)40-21-33-22-41-42(23-34(33)24-54(40)47(58)53-44-5-3-4-17-51-44)61-43(26-60-41)32-11-13-35(14-12-32)59-25-30-8-15-37(48)38(49)19-30/h3-19,22-23,39-40,43H,20-21,24-26H2,1-2H3,(H,52,55)(H,56,57)(H,51,53,58)/t39?,40-,43+/m0/s1. The fraction of sp³-hybridized carbons (Fsp3) is 0.213. The average molecular weight is 859 g/mol. The van der Waals surface area contributed by atoms with Crippen molar-refractivity contribution in [3.8, 4) is 28.4 Å². The topological polar surface area (TPSA) is 152 Å². The zero-order chi connectivity index (χ0) is 42.6. The summed E-state index contributed by atoms with van der Waals surface area (Å²) in [7, 11) is 0. The predicted molar refractivity (Wildman–Crippen MR) is 231 cm³/mol. The normalized spacial score (nSPS) is 15.9. The van der Waals surface area contributed by atoms with Gasteiger partial charge in [-0.25, -0.2) is 14.6 Å². The maximum Gasteiger partial charge on any atom is 0.326 e. The van der Waals surface area contributed by atoms with Crippen LogP contribution in [-0.2, 0) is 35.6 Å². The summed E-state index contributed by atoms with van der Waals surface area (Å²) in [6.07, 6.45) is 3.03. The SMILES string of the molecule is Cc1nccc(-c2ccc(CC(NC(=O)[C@@H]3Cc4cc5c(cc4CN3C(=O)Nc3ccccn3)O[C@@H](c3ccc(OCc4ccc(Cl)c(Cl)c4)cc3)CO5)C(=O)O)cc2)c1C. The second kappa shape index (κ2) is 17.9. The van der Waals surface area contributed by atoms with Gasteiger partial charge >= 0.3 is 12.0 Å². The van der Waals surface area contributed by atoms with Gasteiger partial charge in [-0.3, -0.25) is 15.1 Å². The number of aryl methyl sites for hydroxylation is 1. The Morgan fingerprint density at radius 2 is 1.64 bits per heavy atom. The van der Waals surface area contributed by atoms with Crippen LogP contribution < -0.4 is 24.8 Å². The van der Waals surface area contributed by atoms with Gasteiger partial charge in [0.2, 0.25) is 5.91 Å². The summed E-state index contributed by atoms with van der Waals surface area (Å²) in [5.74, 6) is 0.169. The van der Waals surface area contributed by atoms with Crippen LogP contribution in [0.15, 0.2) is 116 Å². The van der Waals surface area contributed by atoms with Gasteiger partial charge in [0.25, 0.3) is 0 Å². The van der Waals surface area contributed by atoms with E-state index >= 15 is 0 Å². The number of benzene rings is 4. The average Bonchev–Trinajstić information content (AvgIpc) is 3.27. The number of carbonyl (C=O) groups excluding carboxylic acids is 2. The molecule has 14 heteroatoms. The molecule has 61 heavy (non-hydrogen) atoms. The molecule has 6 aromatic rings. The Labute approximate surface area is 362 Å². The number of pyridine rings is 2. The number of fused-ring (bicyclic) bond motifs is 2. The summed E-state index contributed by atoms with van der Waals surface area (Å²) in [4.78, 5) is 50.6. The predicted octanol–water partition coefficient (Wildman–Crippen LogP) is 8.93. The number of nitrogens with zero attached hydrogens (tertiary/aromatic N) is 3. The number of urea groups is 1. The number of anilines is 1. The van der Waals surface area contributed by atoms with Crippen molar-refractivity contribution in [3.63, 3.8) is 0 Å². The minimum atomic E-state index is -1.26. The second-order valence-electron chi connectivity index (χ2n) is 15.0. The lowest BCUT2D eigenvalue weighted by Crippen LogP contribution is -2.56. The van der Waals surface area contributed by atoms with Crippen LogP contribution in [0, 0.1) is 13.8 Å². The quantitative estimate of drug-likeness (QED) is 0.116.